The standard InChI is InChI=1S/C17H21O3PS/c1-3-20-21(18,19-2)17(14-15-10-6-4-7-11-15)22-16-12-8-5-9-13-16/h4-13,17H,3,14H2,1-2H3. The van der Waals surface area contributed by atoms with Gasteiger partial charge in [0.05, 0.1) is 6.61 Å². The van der Waals surface area contributed by atoms with E-state index in [1.54, 1.807) is 11.8 Å². The third-order valence-corrected chi connectivity index (χ3v) is 7.27. The third kappa shape index (κ3) is 4.72. The maximum atomic E-state index is 13.0. The number of rotatable bonds is 8. The summed E-state index contributed by atoms with van der Waals surface area (Å²) in [5.74, 6) is 0. The van der Waals surface area contributed by atoms with Gasteiger partial charge in [-0.3, -0.25) is 4.57 Å². The number of benzene rings is 2. The van der Waals surface area contributed by atoms with Gasteiger partial charge in [0, 0.05) is 12.0 Å². The van der Waals surface area contributed by atoms with E-state index in [1.807, 2.05) is 67.6 Å². The maximum absolute atomic E-state index is 13.0. The third-order valence-electron chi connectivity index (χ3n) is 3.18. The van der Waals surface area contributed by atoms with E-state index in [4.69, 9.17) is 9.05 Å². The van der Waals surface area contributed by atoms with Crippen molar-refractivity contribution in [2.45, 2.75) is 23.2 Å². The van der Waals surface area contributed by atoms with Crippen LogP contribution in [0.25, 0.3) is 0 Å². The second kappa shape index (κ2) is 8.54. The highest BCUT2D eigenvalue weighted by Gasteiger charge is 2.35. The van der Waals surface area contributed by atoms with Crippen molar-refractivity contribution < 1.29 is 13.6 Å². The Morgan fingerprint density at radius 2 is 1.64 bits per heavy atom. The lowest BCUT2D eigenvalue weighted by molar-refractivity contribution is 0.242. The highest BCUT2D eigenvalue weighted by Crippen LogP contribution is 2.58. The van der Waals surface area contributed by atoms with Gasteiger partial charge in [-0.15, -0.1) is 11.8 Å². The normalized spacial score (nSPS) is 15.2. The van der Waals surface area contributed by atoms with Crippen molar-refractivity contribution in [1.82, 2.24) is 0 Å². The summed E-state index contributed by atoms with van der Waals surface area (Å²) >= 11 is 1.54. The molecule has 0 amide bonds. The lowest BCUT2D eigenvalue weighted by Crippen LogP contribution is -2.12. The van der Waals surface area contributed by atoms with Crippen molar-refractivity contribution in [3.8, 4) is 0 Å². The summed E-state index contributed by atoms with van der Waals surface area (Å²) in [7, 11) is -1.72. The molecule has 0 saturated carbocycles. The van der Waals surface area contributed by atoms with Gasteiger partial charge in [-0.25, -0.2) is 0 Å². The fourth-order valence-electron chi connectivity index (χ4n) is 2.12. The van der Waals surface area contributed by atoms with E-state index in [2.05, 4.69) is 0 Å². The smallest absolute Gasteiger partial charge is 0.311 e. The molecule has 0 aliphatic heterocycles. The van der Waals surface area contributed by atoms with Crippen molar-refractivity contribution >= 4 is 19.4 Å². The van der Waals surface area contributed by atoms with Crippen LogP contribution in [0, 0.1) is 0 Å². The van der Waals surface area contributed by atoms with Crippen molar-refractivity contribution in [3.05, 3.63) is 66.2 Å². The molecule has 0 bridgehead atoms. The van der Waals surface area contributed by atoms with Crippen LogP contribution in [0.15, 0.2) is 65.6 Å². The fourth-order valence-corrected chi connectivity index (χ4v) is 5.65. The Bertz CT molecular complexity index is 562. The van der Waals surface area contributed by atoms with Gasteiger partial charge in [-0.2, -0.15) is 0 Å². The zero-order valence-electron chi connectivity index (χ0n) is 12.8. The lowest BCUT2D eigenvalue weighted by Gasteiger charge is -2.25. The first-order valence-electron chi connectivity index (χ1n) is 7.23. The van der Waals surface area contributed by atoms with E-state index < -0.39 is 7.60 Å². The monoisotopic (exact) mass is 336 g/mol. The van der Waals surface area contributed by atoms with Crippen LogP contribution in [-0.2, 0) is 20.0 Å². The topological polar surface area (TPSA) is 35.5 Å². The molecular weight excluding hydrogens is 315 g/mol. The van der Waals surface area contributed by atoms with Gasteiger partial charge in [-0.05, 0) is 31.0 Å². The fraction of sp³-hybridized carbons (Fsp3) is 0.294. The van der Waals surface area contributed by atoms with Crippen molar-refractivity contribution in [3.63, 3.8) is 0 Å². The molecule has 5 heteroatoms. The van der Waals surface area contributed by atoms with E-state index in [9.17, 15) is 4.57 Å². The zero-order valence-corrected chi connectivity index (χ0v) is 14.6. The Kier molecular flexibility index (Phi) is 6.71. The van der Waals surface area contributed by atoms with E-state index in [0.717, 1.165) is 10.5 Å². The first kappa shape index (κ1) is 17.3. The van der Waals surface area contributed by atoms with Crippen LogP contribution < -0.4 is 0 Å². The van der Waals surface area contributed by atoms with Gasteiger partial charge in [0.1, 0.15) is 4.99 Å². The maximum Gasteiger partial charge on any atom is 0.343 e. The molecule has 0 aliphatic carbocycles. The molecule has 0 saturated heterocycles. The number of hydrogen-bond acceptors (Lipinski definition) is 4. The molecule has 2 rings (SSSR count). The molecule has 2 aromatic rings. The molecule has 118 valence electrons. The lowest BCUT2D eigenvalue weighted by atomic mass is 10.2. The summed E-state index contributed by atoms with van der Waals surface area (Å²) in [5.41, 5.74) is 1.12. The number of thioether (sulfide) groups is 1. The highest BCUT2D eigenvalue weighted by molar-refractivity contribution is 8.05. The SMILES string of the molecule is CCOP(=O)(OC)C(Cc1ccccc1)Sc1ccccc1. The molecule has 0 aromatic heterocycles. The molecule has 3 nitrogen and oxygen atoms in total. The van der Waals surface area contributed by atoms with Gasteiger partial charge < -0.3 is 9.05 Å². The minimum Gasteiger partial charge on any atom is -0.311 e. The van der Waals surface area contributed by atoms with Crippen molar-refractivity contribution in [2.24, 2.45) is 0 Å². The molecule has 22 heavy (non-hydrogen) atoms. The van der Waals surface area contributed by atoms with E-state index in [1.165, 1.54) is 7.11 Å². The molecule has 2 atom stereocenters. The summed E-state index contributed by atoms with van der Waals surface area (Å²) in [5, 5.41) is 0. The minimum absolute atomic E-state index is 0.276. The highest BCUT2D eigenvalue weighted by atomic mass is 32.2. The minimum atomic E-state index is -3.18. The van der Waals surface area contributed by atoms with E-state index in [-0.39, 0.29) is 4.99 Å². The Morgan fingerprint density at radius 3 is 2.18 bits per heavy atom. The molecule has 0 spiro atoms. The van der Waals surface area contributed by atoms with Crippen LogP contribution >= 0.6 is 19.4 Å². The zero-order chi connectivity index (χ0) is 15.8. The Morgan fingerprint density at radius 1 is 1.05 bits per heavy atom. The predicted octanol–water partition coefficient (Wildman–Crippen LogP) is 5.22. The predicted molar refractivity (Wildman–Crippen MR) is 92.5 cm³/mol. The average Bonchev–Trinajstić information content (AvgIpc) is 2.56. The van der Waals surface area contributed by atoms with Crippen LogP contribution in [0.3, 0.4) is 0 Å². The first-order valence-corrected chi connectivity index (χ1v) is 9.72. The molecule has 0 N–H and O–H groups in total. The summed E-state index contributed by atoms with van der Waals surface area (Å²) in [6, 6.07) is 19.9. The molecule has 2 unspecified atom stereocenters. The Hall–Kier alpha value is -1.06. The van der Waals surface area contributed by atoms with E-state index >= 15 is 0 Å². The van der Waals surface area contributed by atoms with Gasteiger partial charge in [0.25, 0.3) is 0 Å². The summed E-state index contributed by atoms with van der Waals surface area (Å²) in [6.45, 7) is 2.20. The summed E-state index contributed by atoms with van der Waals surface area (Å²) < 4.78 is 23.8. The molecule has 0 radical (unpaired) electrons. The molecule has 0 heterocycles. The molecule has 2 aromatic carbocycles. The van der Waals surface area contributed by atoms with Crippen molar-refractivity contribution in [2.75, 3.05) is 13.7 Å². The first-order chi connectivity index (χ1) is 10.7. The van der Waals surface area contributed by atoms with Crippen LogP contribution in [0.2, 0.25) is 0 Å². The van der Waals surface area contributed by atoms with Crippen LogP contribution in [-0.4, -0.2) is 18.7 Å². The molecule has 0 fully saturated rings. The largest absolute Gasteiger partial charge is 0.343 e. The van der Waals surface area contributed by atoms with Gasteiger partial charge >= 0.3 is 7.60 Å². The second-order valence-electron chi connectivity index (χ2n) is 4.72. The second-order valence-corrected chi connectivity index (χ2v) is 8.67. The van der Waals surface area contributed by atoms with Crippen LogP contribution in [0.5, 0.6) is 0 Å². The van der Waals surface area contributed by atoms with Gasteiger partial charge in [0.15, 0.2) is 0 Å². The summed E-state index contributed by atoms with van der Waals surface area (Å²) in [6.07, 6.45) is 0.630. The van der Waals surface area contributed by atoms with Crippen LogP contribution in [0.1, 0.15) is 12.5 Å². The molecule has 0 aliphatic rings. The quantitative estimate of drug-likeness (QED) is 0.489. The van der Waals surface area contributed by atoms with Crippen molar-refractivity contribution in [1.29, 1.82) is 0 Å². The van der Waals surface area contributed by atoms with Crippen LogP contribution in [0.4, 0.5) is 0 Å². The van der Waals surface area contributed by atoms with Gasteiger partial charge in [-0.1, -0.05) is 48.5 Å². The number of hydrogen-bond donors (Lipinski definition) is 0. The van der Waals surface area contributed by atoms with Gasteiger partial charge in [0.2, 0.25) is 0 Å². The van der Waals surface area contributed by atoms with E-state index in [0.29, 0.717) is 13.0 Å². The Balaban J connectivity index is 2.25. The summed E-state index contributed by atoms with van der Waals surface area (Å²) in [4.78, 5) is 0.780. The average molecular weight is 336 g/mol. The molecular formula is C17H21O3PS. The Labute approximate surface area is 136 Å².